The van der Waals surface area contributed by atoms with Crippen LogP contribution in [0.5, 0.6) is 0 Å². The third-order valence-electron chi connectivity index (χ3n) is 3.88. The third-order valence-corrected chi connectivity index (χ3v) is 3.88. The molecule has 20 heavy (non-hydrogen) atoms. The van der Waals surface area contributed by atoms with E-state index in [9.17, 15) is 10.2 Å². The van der Waals surface area contributed by atoms with Crippen LogP contribution in [-0.4, -0.2) is 54.8 Å². The largest absolute Gasteiger partial charge is 0.390 e. The van der Waals surface area contributed by atoms with Crippen molar-refractivity contribution in [1.29, 1.82) is 0 Å². The number of β-amino-alcohol motifs (C(OH)–C–C–N with tert-alkyl or cyclic N) is 1. The van der Waals surface area contributed by atoms with Gasteiger partial charge in [-0.05, 0) is 20.3 Å². The van der Waals surface area contributed by atoms with Gasteiger partial charge < -0.3 is 15.1 Å². The van der Waals surface area contributed by atoms with Crippen molar-refractivity contribution >= 4 is 16.9 Å². The van der Waals surface area contributed by atoms with Gasteiger partial charge in [0.25, 0.3) is 0 Å². The Morgan fingerprint density at radius 1 is 1.40 bits per heavy atom. The second kappa shape index (κ2) is 4.39. The zero-order chi connectivity index (χ0) is 14.5. The summed E-state index contributed by atoms with van der Waals surface area (Å²) in [5.41, 5.74) is -0.357. The lowest BCUT2D eigenvalue weighted by molar-refractivity contribution is -0.0692. The monoisotopic (exact) mass is 277 g/mol. The van der Waals surface area contributed by atoms with Crippen LogP contribution in [0.4, 0.5) is 5.82 Å². The number of rotatable bonds is 1. The van der Waals surface area contributed by atoms with Crippen LogP contribution >= 0.6 is 0 Å². The lowest BCUT2D eigenvalue weighted by Crippen LogP contribution is -2.55. The molecule has 3 rings (SSSR count). The second-order valence-corrected chi connectivity index (χ2v) is 5.68. The highest BCUT2D eigenvalue weighted by molar-refractivity contribution is 5.87. The molecular weight excluding hydrogens is 258 g/mol. The summed E-state index contributed by atoms with van der Waals surface area (Å²) in [4.78, 5) is 10.9. The average Bonchev–Trinajstić information content (AvgIpc) is 2.74. The molecular formula is C13H19N5O2. The van der Waals surface area contributed by atoms with Crippen molar-refractivity contribution in [1.82, 2.24) is 19.7 Å². The molecule has 2 N–H and O–H groups in total. The van der Waals surface area contributed by atoms with Crippen molar-refractivity contribution in [2.75, 3.05) is 18.0 Å². The van der Waals surface area contributed by atoms with E-state index in [1.807, 2.05) is 18.9 Å². The van der Waals surface area contributed by atoms with Crippen molar-refractivity contribution in [3.63, 3.8) is 0 Å². The lowest BCUT2D eigenvalue weighted by atomic mass is 9.91. The summed E-state index contributed by atoms with van der Waals surface area (Å²) >= 11 is 0. The zero-order valence-electron chi connectivity index (χ0n) is 11.9. The van der Waals surface area contributed by atoms with E-state index < -0.39 is 11.7 Å². The molecule has 1 fully saturated rings. The summed E-state index contributed by atoms with van der Waals surface area (Å²) in [6.45, 7) is 4.48. The maximum Gasteiger partial charge on any atom is 0.163 e. The van der Waals surface area contributed by atoms with Crippen LogP contribution in [0.2, 0.25) is 0 Å². The predicted octanol–water partition coefficient (Wildman–Crippen LogP) is -0.00628. The molecule has 7 nitrogen and oxygen atoms in total. The summed E-state index contributed by atoms with van der Waals surface area (Å²) in [7, 11) is 1.84. The van der Waals surface area contributed by atoms with Gasteiger partial charge in [0.15, 0.2) is 5.65 Å². The fourth-order valence-electron chi connectivity index (χ4n) is 2.69. The fourth-order valence-corrected chi connectivity index (χ4v) is 2.69. The molecule has 108 valence electrons. The fraction of sp³-hybridized carbons (Fsp3) is 0.615. The summed E-state index contributed by atoms with van der Waals surface area (Å²) in [6, 6.07) is 0. The Hall–Kier alpha value is -1.73. The number of fused-ring (bicyclic) bond motifs is 1. The molecule has 0 saturated carbocycles. The molecule has 2 aromatic heterocycles. The number of aromatic nitrogens is 4. The van der Waals surface area contributed by atoms with Crippen LogP contribution in [0, 0.1) is 6.92 Å². The van der Waals surface area contributed by atoms with Crippen LogP contribution in [0.3, 0.4) is 0 Å². The summed E-state index contributed by atoms with van der Waals surface area (Å²) in [5, 5.41) is 25.2. The van der Waals surface area contributed by atoms with E-state index in [4.69, 9.17) is 0 Å². The first kappa shape index (κ1) is 13.3. The first-order chi connectivity index (χ1) is 9.38. The van der Waals surface area contributed by atoms with E-state index in [0.29, 0.717) is 25.3 Å². The summed E-state index contributed by atoms with van der Waals surface area (Å²) in [6.07, 6.45) is 1.55. The normalized spacial score (nSPS) is 27.2. The highest BCUT2D eigenvalue weighted by Gasteiger charge is 2.37. The predicted molar refractivity (Wildman–Crippen MR) is 74.5 cm³/mol. The topological polar surface area (TPSA) is 87.3 Å². The Bertz CT molecular complexity index is 651. The van der Waals surface area contributed by atoms with E-state index in [0.717, 1.165) is 16.9 Å². The molecule has 0 aliphatic carbocycles. The van der Waals surface area contributed by atoms with Gasteiger partial charge in [0.2, 0.25) is 0 Å². The smallest absolute Gasteiger partial charge is 0.163 e. The maximum atomic E-state index is 10.3. The van der Waals surface area contributed by atoms with Crippen LogP contribution in [0.25, 0.3) is 11.0 Å². The molecule has 1 aliphatic heterocycles. The van der Waals surface area contributed by atoms with Gasteiger partial charge >= 0.3 is 0 Å². The van der Waals surface area contributed by atoms with Crippen molar-refractivity contribution < 1.29 is 10.2 Å². The number of hydrogen-bond donors (Lipinski definition) is 2. The van der Waals surface area contributed by atoms with E-state index in [-0.39, 0.29) is 0 Å². The Kier molecular flexibility index (Phi) is 2.91. The second-order valence-electron chi connectivity index (χ2n) is 5.68. The molecule has 0 aromatic carbocycles. The zero-order valence-corrected chi connectivity index (χ0v) is 11.9. The summed E-state index contributed by atoms with van der Waals surface area (Å²) < 4.78 is 1.71. The van der Waals surface area contributed by atoms with Gasteiger partial charge in [-0.2, -0.15) is 5.10 Å². The van der Waals surface area contributed by atoms with Crippen molar-refractivity contribution in [3.05, 3.63) is 12.0 Å². The molecule has 2 aromatic rings. The Labute approximate surface area is 116 Å². The minimum atomic E-state index is -1.13. The average molecular weight is 277 g/mol. The van der Waals surface area contributed by atoms with Crippen LogP contribution in [0.15, 0.2) is 6.20 Å². The quantitative estimate of drug-likeness (QED) is 0.762. The highest BCUT2D eigenvalue weighted by Crippen LogP contribution is 2.29. The first-order valence-electron chi connectivity index (χ1n) is 6.70. The van der Waals surface area contributed by atoms with Gasteiger partial charge in [-0.25, -0.2) is 9.97 Å². The van der Waals surface area contributed by atoms with E-state index in [2.05, 4.69) is 15.1 Å². The molecule has 1 aliphatic rings. The first-order valence-corrected chi connectivity index (χ1v) is 6.70. The lowest BCUT2D eigenvalue weighted by Gasteiger charge is -2.41. The minimum absolute atomic E-state index is 0.342. The van der Waals surface area contributed by atoms with Gasteiger partial charge in [0.05, 0.1) is 24.2 Å². The van der Waals surface area contributed by atoms with E-state index in [1.54, 1.807) is 17.8 Å². The number of piperidine rings is 1. The molecule has 1 saturated heterocycles. The molecule has 7 heteroatoms. The van der Waals surface area contributed by atoms with E-state index >= 15 is 0 Å². The van der Waals surface area contributed by atoms with Gasteiger partial charge in [0, 0.05) is 13.6 Å². The molecule has 2 atom stereocenters. The number of nitrogens with zero attached hydrogens (tertiary/aromatic N) is 5. The van der Waals surface area contributed by atoms with Crippen molar-refractivity contribution in [3.8, 4) is 0 Å². The SMILES string of the molecule is Cc1nc(N2CCC(O)C(C)(O)C2)c2cnn(C)c2n1. The Morgan fingerprint density at radius 3 is 2.85 bits per heavy atom. The molecule has 0 radical (unpaired) electrons. The molecule has 3 heterocycles. The summed E-state index contributed by atoms with van der Waals surface area (Å²) in [5.74, 6) is 1.44. The number of anilines is 1. The maximum absolute atomic E-state index is 10.3. The molecule has 0 bridgehead atoms. The van der Waals surface area contributed by atoms with Crippen LogP contribution < -0.4 is 4.90 Å². The molecule has 0 spiro atoms. The minimum Gasteiger partial charge on any atom is -0.390 e. The van der Waals surface area contributed by atoms with Gasteiger partial charge in [0.1, 0.15) is 17.2 Å². The number of aryl methyl sites for hydroxylation is 2. The van der Waals surface area contributed by atoms with Crippen molar-refractivity contribution in [2.24, 2.45) is 7.05 Å². The number of aliphatic hydroxyl groups excluding tert-OH is 1. The molecule has 2 unspecified atom stereocenters. The third kappa shape index (κ3) is 2.03. The van der Waals surface area contributed by atoms with Gasteiger partial charge in [-0.15, -0.1) is 0 Å². The number of aliphatic hydroxyl groups is 2. The van der Waals surface area contributed by atoms with Crippen LogP contribution in [0.1, 0.15) is 19.2 Å². The van der Waals surface area contributed by atoms with Gasteiger partial charge in [-0.3, -0.25) is 4.68 Å². The van der Waals surface area contributed by atoms with Gasteiger partial charge in [-0.1, -0.05) is 0 Å². The van der Waals surface area contributed by atoms with Crippen LogP contribution in [-0.2, 0) is 7.05 Å². The highest BCUT2D eigenvalue weighted by atomic mass is 16.3. The number of hydrogen-bond acceptors (Lipinski definition) is 6. The molecule has 0 amide bonds. The Morgan fingerprint density at radius 2 is 2.15 bits per heavy atom. The van der Waals surface area contributed by atoms with E-state index in [1.165, 1.54) is 0 Å². The standard InChI is InChI=1S/C13H19N5O2/c1-8-15-11-9(6-14-17(11)3)12(16-8)18-5-4-10(19)13(2,20)7-18/h6,10,19-20H,4-5,7H2,1-3H3. The van der Waals surface area contributed by atoms with Crippen molar-refractivity contribution in [2.45, 2.75) is 32.0 Å². The Balaban J connectivity index is 2.06.